The van der Waals surface area contributed by atoms with Gasteiger partial charge in [-0.2, -0.15) is 0 Å². The Balaban J connectivity index is 1.91. The summed E-state index contributed by atoms with van der Waals surface area (Å²) in [4.78, 5) is 4.20. The summed E-state index contributed by atoms with van der Waals surface area (Å²) < 4.78 is 16.7. The van der Waals surface area contributed by atoms with Crippen molar-refractivity contribution >= 4 is 27.6 Å². The highest BCUT2D eigenvalue weighted by Gasteiger charge is 2.06. The van der Waals surface area contributed by atoms with E-state index in [-0.39, 0.29) is 0 Å². The Morgan fingerprint density at radius 1 is 1.17 bits per heavy atom. The van der Waals surface area contributed by atoms with Crippen LogP contribution in [0.3, 0.4) is 0 Å². The Bertz CT molecular complexity index is 670. The van der Waals surface area contributed by atoms with Gasteiger partial charge in [0.1, 0.15) is 5.76 Å². The van der Waals surface area contributed by atoms with Gasteiger partial charge >= 0.3 is 0 Å². The second kappa shape index (κ2) is 8.47. The molecular weight excluding hydrogens is 362 g/mol. The molecule has 6 nitrogen and oxygen atoms in total. The minimum Gasteiger partial charge on any atom is -0.493 e. The Kier molecular flexibility index (Phi) is 6.34. The lowest BCUT2D eigenvalue weighted by Crippen LogP contribution is -2.32. The van der Waals surface area contributed by atoms with Gasteiger partial charge in [0, 0.05) is 31.8 Å². The molecule has 2 aromatic rings. The third-order valence-corrected chi connectivity index (χ3v) is 3.59. The van der Waals surface area contributed by atoms with E-state index >= 15 is 0 Å². The maximum atomic E-state index is 5.46. The first-order valence-corrected chi connectivity index (χ1v) is 7.89. The number of hydrogen-bond acceptors (Lipinski definition) is 4. The van der Waals surface area contributed by atoms with Crippen LogP contribution >= 0.6 is 15.9 Å². The zero-order chi connectivity index (χ0) is 16.7. The highest BCUT2D eigenvalue weighted by atomic mass is 79.9. The summed E-state index contributed by atoms with van der Waals surface area (Å²) in [6.07, 6.45) is 0.762. The topological polar surface area (TPSA) is 68.0 Å². The van der Waals surface area contributed by atoms with Gasteiger partial charge in [-0.3, -0.25) is 4.99 Å². The van der Waals surface area contributed by atoms with Gasteiger partial charge < -0.3 is 24.5 Å². The number of nitrogens with zero attached hydrogens (tertiary/aromatic N) is 1. The summed E-state index contributed by atoms with van der Waals surface area (Å²) in [5.41, 5.74) is 0.858. The van der Waals surface area contributed by atoms with Crippen molar-refractivity contribution in [3.63, 3.8) is 0 Å². The standard InChI is InChI=1S/C16H20BrN3O3/c1-18-16(19-9-8-12-5-7-15(17)23-12)20-11-4-6-13(21-2)14(10-11)22-3/h4-7,10H,8-9H2,1-3H3,(H2,18,19,20). The summed E-state index contributed by atoms with van der Waals surface area (Å²) in [6.45, 7) is 0.701. The Morgan fingerprint density at radius 3 is 2.57 bits per heavy atom. The second-order valence-electron chi connectivity index (χ2n) is 4.65. The molecular formula is C16H20BrN3O3. The zero-order valence-electron chi connectivity index (χ0n) is 13.4. The van der Waals surface area contributed by atoms with E-state index in [1.165, 1.54) is 0 Å². The first-order chi connectivity index (χ1) is 11.2. The third kappa shape index (κ3) is 4.92. The van der Waals surface area contributed by atoms with Crippen molar-refractivity contribution in [1.82, 2.24) is 5.32 Å². The molecule has 0 aliphatic heterocycles. The van der Waals surface area contributed by atoms with Crippen LogP contribution in [-0.2, 0) is 6.42 Å². The molecule has 1 aromatic heterocycles. The smallest absolute Gasteiger partial charge is 0.195 e. The zero-order valence-corrected chi connectivity index (χ0v) is 14.9. The van der Waals surface area contributed by atoms with Crippen LogP contribution in [0.5, 0.6) is 11.5 Å². The lowest BCUT2D eigenvalue weighted by Gasteiger charge is -2.13. The average molecular weight is 382 g/mol. The first kappa shape index (κ1) is 17.2. The molecule has 0 saturated heterocycles. The number of anilines is 1. The highest BCUT2D eigenvalue weighted by molar-refractivity contribution is 9.10. The minimum atomic E-state index is 0.661. The van der Waals surface area contributed by atoms with Gasteiger partial charge in [-0.25, -0.2) is 0 Å². The van der Waals surface area contributed by atoms with Crippen molar-refractivity contribution in [2.75, 3.05) is 33.1 Å². The van der Waals surface area contributed by atoms with Gasteiger partial charge in [0.05, 0.1) is 14.2 Å². The quantitative estimate of drug-likeness (QED) is 0.593. The maximum Gasteiger partial charge on any atom is 0.195 e. The van der Waals surface area contributed by atoms with Gasteiger partial charge in [0.2, 0.25) is 0 Å². The molecule has 124 valence electrons. The predicted molar refractivity (Wildman–Crippen MR) is 94.6 cm³/mol. The van der Waals surface area contributed by atoms with Gasteiger partial charge in [0.15, 0.2) is 22.1 Å². The maximum absolute atomic E-state index is 5.46. The fourth-order valence-electron chi connectivity index (χ4n) is 2.02. The van der Waals surface area contributed by atoms with Crippen molar-refractivity contribution < 1.29 is 13.9 Å². The van der Waals surface area contributed by atoms with Gasteiger partial charge in [-0.05, 0) is 40.2 Å². The Labute approximate surface area is 144 Å². The summed E-state index contributed by atoms with van der Waals surface area (Å²) in [5, 5.41) is 6.44. The van der Waals surface area contributed by atoms with Gasteiger partial charge in [0.25, 0.3) is 0 Å². The third-order valence-electron chi connectivity index (χ3n) is 3.16. The largest absolute Gasteiger partial charge is 0.493 e. The molecule has 0 atom stereocenters. The van der Waals surface area contributed by atoms with Gasteiger partial charge in [-0.1, -0.05) is 0 Å². The minimum absolute atomic E-state index is 0.661. The first-order valence-electron chi connectivity index (χ1n) is 7.10. The van der Waals surface area contributed by atoms with E-state index in [1.807, 2.05) is 30.3 Å². The van der Waals surface area contributed by atoms with Crippen molar-refractivity contribution in [1.29, 1.82) is 0 Å². The molecule has 2 N–H and O–H groups in total. The van der Waals surface area contributed by atoms with Crippen LogP contribution in [-0.4, -0.2) is 33.8 Å². The van der Waals surface area contributed by atoms with E-state index in [4.69, 9.17) is 13.9 Å². The van der Waals surface area contributed by atoms with Crippen molar-refractivity contribution in [2.45, 2.75) is 6.42 Å². The molecule has 0 aliphatic carbocycles. The number of methoxy groups -OCH3 is 2. The van der Waals surface area contributed by atoms with Crippen LogP contribution in [0.4, 0.5) is 5.69 Å². The van der Waals surface area contributed by atoms with Crippen molar-refractivity contribution in [3.05, 3.63) is 40.8 Å². The number of rotatable bonds is 6. The van der Waals surface area contributed by atoms with E-state index in [0.717, 1.165) is 22.5 Å². The molecule has 2 rings (SSSR count). The monoisotopic (exact) mass is 381 g/mol. The number of benzene rings is 1. The molecule has 7 heteroatoms. The van der Waals surface area contributed by atoms with Crippen LogP contribution in [0.25, 0.3) is 0 Å². The normalized spacial score (nSPS) is 11.2. The molecule has 0 aliphatic rings. The molecule has 0 bridgehead atoms. The summed E-state index contributed by atoms with van der Waals surface area (Å²) in [7, 11) is 4.94. The molecule has 1 aromatic carbocycles. The predicted octanol–water partition coefficient (Wildman–Crippen LogP) is 3.29. The molecule has 0 spiro atoms. The van der Waals surface area contributed by atoms with E-state index in [1.54, 1.807) is 21.3 Å². The van der Waals surface area contributed by atoms with Crippen LogP contribution in [0.15, 0.2) is 44.4 Å². The molecule has 0 unspecified atom stereocenters. The molecule has 0 saturated carbocycles. The van der Waals surface area contributed by atoms with Crippen LogP contribution in [0.2, 0.25) is 0 Å². The van der Waals surface area contributed by atoms with Crippen LogP contribution in [0, 0.1) is 0 Å². The number of ether oxygens (including phenoxy) is 2. The highest BCUT2D eigenvalue weighted by Crippen LogP contribution is 2.29. The lowest BCUT2D eigenvalue weighted by atomic mass is 10.2. The van der Waals surface area contributed by atoms with E-state index < -0.39 is 0 Å². The number of nitrogens with one attached hydrogen (secondary N) is 2. The van der Waals surface area contributed by atoms with E-state index in [9.17, 15) is 0 Å². The summed E-state index contributed by atoms with van der Waals surface area (Å²) in [5.74, 6) is 2.92. The SMILES string of the molecule is CN=C(NCCc1ccc(Br)o1)Nc1ccc(OC)c(OC)c1. The number of hydrogen-bond donors (Lipinski definition) is 2. The molecule has 0 fully saturated rings. The lowest BCUT2D eigenvalue weighted by molar-refractivity contribution is 0.355. The van der Waals surface area contributed by atoms with E-state index in [2.05, 4.69) is 31.6 Å². The Hall–Kier alpha value is -2.15. The second-order valence-corrected chi connectivity index (χ2v) is 5.43. The van der Waals surface area contributed by atoms with Crippen molar-refractivity contribution in [3.8, 4) is 11.5 Å². The number of furan rings is 1. The summed E-state index contributed by atoms with van der Waals surface area (Å²) in [6, 6.07) is 9.42. The molecule has 0 amide bonds. The Morgan fingerprint density at radius 2 is 1.96 bits per heavy atom. The van der Waals surface area contributed by atoms with Crippen molar-refractivity contribution in [2.24, 2.45) is 4.99 Å². The van der Waals surface area contributed by atoms with E-state index in [0.29, 0.717) is 24.0 Å². The fraction of sp³-hybridized carbons (Fsp3) is 0.312. The molecule has 23 heavy (non-hydrogen) atoms. The number of aliphatic imine (C=N–C) groups is 1. The number of guanidine groups is 1. The number of halogens is 1. The van der Waals surface area contributed by atoms with Gasteiger partial charge in [-0.15, -0.1) is 0 Å². The molecule has 1 heterocycles. The van der Waals surface area contributed by atoms with Crippen LogP contribution in [0.1, 0.15) is 5.76 Å². The van der Waals surface area contributed by atoms with Crippen LogP contribution < -0.4 is 20.1 Å². The summed E-state index contributed by atoms with van der Waals surface area (Å²) >= 11 is 3.29. The average Bonchev–Trinajstić information content (AvgIpc) is 2.99. The fourth-order valence-corrected chi connectivity index (χ4v) is 2.36. The molecule has 0 radical (unpaired) electrons.